The van der Waals surface area contributed by atoms with E-state index in [1.54, 1.807) is 13.8 Å². The lowest BCUT2D eigenvalue weighted by molar-refractivity contribution is 0.150. The smallest absolute Gasteiger partial charge is 0.422 e. The van der Waals surface area contributed by atoms with Gasteiger partial charge in [0.25, 0.3) is 0 Å². The van der Waals surface area contributed by atoms with Gasteiger partial charge in [-0.3, -0.25) is 0 Å². The number of hydrogen-bond acceptors (Lipinski definition) is 5. The van der Waals surface area contributed by atoms with Gasteiger partial charge in [0.15, 0.2) is 0 Å². The molecule has 118 valence electrons. The molecule has 1 aromatic carbocycles. The Morgan fingerprint density at radius 3 is 1.64 bits per heavy atom. The maximum atomic E-state index is 12.4. The van der Waals surface area contributed by atoms with Gasteiger partial charge in [-0.1, -0.05) is 23.2 Å². The molecule has 9 heteroatoms. The molecule has 0 aliphatic carbocycles. The van der Waals surface area contributed by atoms with Crippen LogP contribution in [0.2, 0.25) is 10.0 Å². The summed E-state index contributed by atoms with van der Waals surface area (Å²) in [5.74, 6) is 0. The van der Waals surface area contributed by atoms with Crippen LogP contribution in [0.25, 0.3) is 11.0 Å². The fourth-order valence-corrected chi connectivity index (χ4v) is 2.23. The third-order valence-corrected chi connectivity index (χ3v) is 3.50. The van der Waals surface area contributed by atoms with E-state index in [0.29, 0.717) is 9.13 Å². The van der Waals surface area contributed by atoms with Gasteiger partial charge in [-0.25, -0.2) is 14.4 Å². The van der Waals surface area contributed by atoms with Crippen molar-refractivity contribution in [1.29, 1.82) is 0 Å². The van der Waals surface area contributed by atoms with Crippen LogP contribution in [0.1, 0.15) is 13.8 Å². The lowest BCUT2D eigenvalue weighted by Crippen LogP contribution is -2.33. The van der Waals surface area contributed by atoms with Crippen molar-refractivity contribution in [2.75, 3.05) is 13.2 Å². The fourth-order valence-electron chi connectivity index (χ4n) is 1.92. The molecule has 22 heavy (non-hydrogen) atoms. The van der Waals surface area contributed by atoms with Gasteiger partial charge in [-0.2, -0.15) is 9.13 Å². The van der Waals surface area contributed by atoms with E-state index < -0.39 is 17.9 Å². The Hall–Kier alpha value is -1.99. The molecule has 7 nitrogen and oxygen atoms in total. The molecule has 0 radical (unpaired) electrons. The topological polar surface area (TPSA) is 79.5 Å². The normalized spacial score (nSPS) is 10.7. The number of carbonyl (C=O) groups is 2. The number of fused-ring (bicyclic) bond motifs is 1. The predicted molar refractivity (Wildman–Crippen MR) is 81.1 cm³/mol. The molecule has 0 N–H and O–H groups in total. The van der Waals surface area contributed by atoms with Gasteiger partial charge in [0.2, 0.25) is 0 Å². The molecule has 0 spiro atoms. The van der Waals surface area contributed by atoms with Crippen LogP contribution in [-0.4, -0.2) is 34.5 Å². The van der Waals surface area contributed by atoms with E-state index in [0.717, 1.165) is 0 Å². The number of nitrogens with zero attached hydrogens (tertiary/aromatic N) is 2. The zero-order chi connectivity index (χ0) is 16.4. The number of ether oxygens (including phenoxy) is 2. The fraction of sp³-hybridized carbons (Fsp3) is 0.308. The molecule has 0 bridgehead atoms. The van der Waals surface area contributed by atoms with Crippen LogP contribution in [0.15, 0.2) is 16.9 Å². The third kappa shape index (κ3) is 2.69. The molecular weight excluding hydrogens is 335 g/mol. The van der Waals surface area contributed by atoms with Crippen LogP contribution in [0, 0.1) is 0 Å². The Kier molecular flexibility index (Phi) is 4.77. The van der Waals surface area contributed by atoms with Gasteiger partial charge in [0.1, 0.15) is 0 Å². The first-order valence-corrected chi connectivity index (χ1v) is 7.14. The Morgan fingerprint density at radius 1 is 0.955 bits per heavy atom. The Labute approximate surface area is 134 Å². The Morgan fingerprint density at radius 2 is 1.32 bits per heavy atom. The van der Waals surface area contributed by atoms with Crippen LogP contribution >= 0.6 is 23.2 Å². The molecule has 0 fully saturated rings. The number of halogens is 2. The molecule has 2 rings (SSSR count). The molecule has 0 aliphatic rings. The molecule has 0 saturated carbocycles. The monoisotopic (exact) mass is 346 g/mol. The summed E-state index contributed by atoms with van der Waals surface area (Å²) < 4.78 is 11.1. The van der Waals surface area contributed by atoms with E-state index in [1.165, 1.54) is 12.1 Å². The van der Waals surface area contributed by atoms with Gasteiger partial charge < -0.3 is 9.47 Å². The minimum Gasteiger partial charge on any atom is -0.449 e. The minimum absolute atomic E-state index is 0.0681. The van der Waals surface area contributed by atoms with Crippen molar-refractivity contribution in [3.8, 4) is 0 Å². The highest BCUT2D eigenvalue weighted by atomic mass is 35.5. The highest BCUT2D eigenvalue weighted by Crippen LogP contribution is 2.27. The Balaban J connectivity index is 2.82. The summed E-state index contributed by atoms with van der Waals surface area (Å²) >= 11 is 11.8. The van der Waals surface area contributed by atoms with E-state index in [9.17, 15) is 14.4 Å². The molecule has 1 heterocycles. The number of aromatic nitrogens is 2. The maximum Gasteiger partial charge on any atom is 0.422 e. The lowest BCUT2D eigenvalue weighted by Gasteiger charge is -2.03. The van der Waals surface area contributed by atoms with Gasteiger partial charge in [-0.05, 0) is 26.0 Å². The van der Waals surface area contributed by atoms with Gasteiger partial charge in [-0.15, -0.1) is 0 Å². The number of carbonyl (C=O) groups excluding carboxylic acids is 2. The molecule has 2 aromatic rings. The zero-order valence-corrected chi connectivity index (χ0v) is 13.3. The van der Waals surface area contributed by atoms with Gasteiger partial charge >= 0.3 is 17.9 Å². The number of imidazole rings is 1. The first-order valence-electron chi connectivity index (χ1n) is 6.39. The van der Waals surface area contributed by atoms with E-state index in [2.05, 4.69) is 0 Å². The Bertz CT molecular complexity index is 745. The van der Waals surface area contributed by atoms with Crippen LogP contribution in [0.5, 0.6) is 0 Å². The number of rotatable bonds is 2. The lowest BCUT2D eigenvalue weighted by atomic mass is 10.3. The van der Waals surface area contributed by atoms with E-state index in [-0.39, 0.29) is 34.3 Å². The molecule has 0 unspecified atom stereocenters. The average Bonchev–Trinajstić information content (AvgIpc) is 2.71. The second-order valence-electron chi connectivity index (χ2n) is 4.11. The standard InChI is InChI=1S/C13H12Cl2N2O5/c1-3-21-12(19)16-9-5-7(14)8(15)6-10(9)17(11(16)18)13(20)22-4-2/h5-6H,3-4H2,1-2H3. The summed E-state index contributed by atoms with van der Waals surface area (Å²) in [5.41, 5.74) is -0.706. The number of hydrogen-bond donors (Lipinski definition) is 0. The van der Waals surface area contributed by atoms with E-state index in [1.807, 2.05) is 0 Å². The van der Waals surface area contributed by atoms with Crippen LogP contribution < -0.4 is 5.69 Å². The van der Waals surface area contributed by atoms with E-state index >= 15 is 0 Å². The molecule has 0 atom stereocenters. The van der Waals surface area contributed by atoms with Crippen molar-refractivity contribution in [2.24, 2.45) is 0 Å². The summed E-state index contributed by atoms with van der Waals surface area (Å²) in [6.45, 7) is 3.33. The zero-order valence-electron chi connectivity index (χ0n) is 11.8. The largest absolute Gasteiger partial charge is 0.449 e. The molecule has 1 aromatic heterocycles. The van der Waals surface area contributed by atoms with Crippen LogP contribution in [0.4, 0.5) is 9.59 Å². The molecule has 0 aliphatic heterocycles. The summed E-state index contributed by atoms with van der Waals surface area (Å²) in [6, 6.07) is 2.63. The second kappa shape index (κ2) is 6.41. The first kappa shape index (κ1) is 16.4. The molecule has 0 saturated heterocycles. The summed E-state index contributed by atoms with van der Waals surface area (Å²) in [4.78, 5) is 36.3. The summed E-state index contributed by atoms with van der Waals surface area (Å²) in [6.07, 6.45) is -1.84. The first-order chi connectivity index (χ1) is 10.4. The quantitative estimate of drug-likeness (QED) is 0.834. The average molecular weight is 347 g/mol. The van der Waals surface area contributed by atoms with Crippen LogP contribution in [-0.2, 0) is 9.47 Å². The highest BCUT2D eigenvalue weighted by Gasteiger charge is 2.24. The van der Waals surface area contributed by atoms with Crippen molar-refractivity contribution in [3.63, 3.8) is 0 Å². The van der Waals surface area contributed by atoms with Crippen molar-refractivity contribution < 1.29 is 19.1 Å². The molecular formula is C13H12Cl2N2O5. The van der Waals surface area contributed by atoms with E-state index in [4.69, 9.17) is 32.7 Å². The van der Waals surface area contributed by atoms with Gasteiger partial charge in [0.05, 0.1) is 34.3 Å². The highest BCUT2D eigenvalue weighted by molar-refractivity contribution is 6.42. The second-order valence-corrected chi connectivity index (χ2v) is 4.92. The number of benzene rings is 1. The SMILES string of the molecule is CCOC(=O)n1c(=O)n(C(=O)OCC)c2cc(Cl)c(Cl)cc21. The maximum absolute atomic E-state index is 12.4. The van der Waals surface area contributed by atoms with Crippen molar-refractivity contribution in [3.05, 3.63) is 32.7 Å². The third-order valence-electron chi connectivity index (χ3n) is 2.78. The minimum atomic E-state index is -0.918. The van der Waals surface area contributed by atoms with Crippen molar-refractivity contribution in [2.45, 2.75) is 13.8 Å². The summed E-state index contributed by atoms with van der Waals surface area (Å²) in [5, 5.41) is 0.265. The van der Waals surface area contributed by atoms with Gasteiger partial charge in [0, 0.05) is 0 Å². The molecule has 0 amide bonds. The van der Waals surface area contributed by atoms with Crippen LogP contribution in [0.3, 0.4) is 0 Å². The van der Waals surface area contributed by atoms with Crippen molar-refractivity contribution in [1.82, 2.24) is 9.13 Å². The predicted octanol–water partition coefficient (Wildman–Crippen LogP) is 3.12. The summed E-state index contributed by atoms with van der Waals surface area (Å²) in [7, 11) is 0. The van der Waals surface area contributed by atoms with Crippen molar-refractivity contribution >= 4 is 46.4 Å².